The van der Waals surface area contributed by atoms with Gasteiger partial charge in [-0.05, 0) is 42.3 Å². The van der Waals surface area contributed by atoms with Gasteiger partial charge in [0.15, 0.2) is 0 Å². The van der Waals surface area contributed by atoms with Gasteiger partial charge in [-0.3, -0.25) is 0 Å². The molecule has 0 aliphatic carbocycles. The molecule has 0 heterocycles. The standard InChI is InChI=1S/C16H17BrN2S/c1-2-3-11-4-7-13(8-5-11)19-15-10-12(17)6-9-14(15)16(18)20/h4-10,19H,2-3H2,1H3,(H2,18,20). The van der Waals surface area contributed by atoms with E-state index < -0.39 is 0 Å². The van der Waals surface area contributed by atoms with E-state index in [-0.39, 0.29) is 0 Å². The maximum atomic E-state index is 5.76. The molecule has 2 rings (SSSR count). The summed E-state index contributed by atoms with van der Waals surface area (Å²) in [7, 11) is 0. The Morgan fingerprint density at radius 2 is 1.90 bits per heavy atom. The Morgan fingerprint density at radius 1 is 1.20 bits per heavy atom. The molecule has 0 fully saturated rings. The molecule has 20 heavy (non-hydrogen) atoms. The maximum Gasteiger partial charge on any atom is 0.106 e. The van der Waals surface area contributed by atoms with Crippen LogP contribution < -0.4 is 11.1 Å². The molecule has 0 radical (unpaired) electrons. The Hall–Kier alpha value is -1.39. The number of rotatable bonds is 5. The number of aryl methyl sites for hydroxylation is 1. The average Bonchev–Trinajstić information content (AvgIpc) is 2.41. The third-order valence-corrected chi connectivity index (χ3v) is 3.73. The number of hydrogen-bond acceptors (Lipinski definition) is 2. The van der Waals surface area contributed by atoms with Crippen molar-refractivity contribution in [3.05, 3.63) is 58.1 Å². The van der Waals surface area contributed by atoms with Crippen molar-refractivity contribution >= 4 is 44.5 Å². The lowest BCUT2D eigenvalue weighted by Gasteiger charge is -2.12. The van der Waals surface area contributed by atoms with Crippen LogP contribution in [0.3, 0.4) is 0 Å². The third-order valence-electron chi connectivity index (χ3n) is 3.02. The highest BCUT2D eigenvalue weighted by Crippen LogP contribution is 2.25. The summed E-state index contributed by atoms with van der Waals surface area (Å²) in [5.41, 5.74) is 9.90. The minimum absolute atomic E-state index is 0.391. The maximum absolute atomic E-state index is 5.76. The van der Waals surface area contributed by atoms with E-state index in [9.17, 15) is 0 Å². The SMILES string of the molecule is CCCc1ccc(Nc2cc(Br)ccc2C(N)=S)cc1. The zero-order valence-electron chi connectivity index (χ0n) is 11.3. The van der Waals surface area contributed by atoms with E-state index >= 15 is 0 Å². The topological polar surface area (TPSA) is 38.0 Å². The first-order valence-corrected chi connectivity index (χ1v) is 7.75. The minimum atomic E-state index is 0.391. The smallest absolute Gasteiger partial charge is 0.106 e. The second-order valence-corrected chi connectivity index (χ2v) is 5.98. The molecule has 2 nitrogen and oxygen atoms in total. The normalized spacial score (nSPS) is 10.3. The van der Waals surface area contributed by atoms with Crippen LogP contribution in [0.4, 0.5) is 11.4 Å². The van der Waals surface area contributed by atoms with Crippen molar-refractivity contribution < 1.29 is 0 Å². The van der Waals surface area contributed by atoms with E-state index in [2.05, 4.69) is 52.4 Å². The summed E-state index contributed by atoms with van der Waals surface area (Å²) in [6.07, 6.45) is 2.26. The van der Waals surface area contributed by atoms with Crippen LogP contribution in [-0.2, 0) is 6.42 Å². The van der Waals surface area contributed by atoms with Crippen molar-refractivity contribution in [2.24, 2.45) is 5.73 Å². The lowest BCUT2D eigenvalue weighted by atomic mass is 10.1. The van der Waals surface area contributed by atoms with Gasteiger partial charge in [-0.2, -0.15) is 0 Å². The van der Waals surface area contributed by atoms with E-state index in [1.807, 2.05) is 18.2 Å². The van der Waals surface area contributed by atoms with Gasteiger partial charge in [0.2, 0.25) is 0 Å². The van der Waals surface area contributed by atoms with Crippen LogP contribution in [0.5, 0.6) is 0 Å². The van der Waals surface area contributed by atoms with E-state index in [0.717, 1.165) is 34.3 Å². The fourth-order valence-corrected chi connectivity index (χ4v) is 2.57. The highest BCUT2D eigenvalue weighted by atomic mass is 79.9. The van der Waals surface area contributed by atoms with Gasteiger partial charge in [-0.25, -0.2) is 0 Å². The number of halogens is 1. The molecular weight excluding hydrogens is 332 g/mol. The zero-order chi connectivity index (χ0) is 14.5. The van der Waals surface area contributed by atoms with Gasteiger partial charge in [-0.15, -0.1) is 0 Å². The molecule has 4 heteroatoms. The van der Waals surface area contributed by atoms with Crippen LogP contribution >= 0.6 is 28.1 Å². The van der Waals surface area contributed by atoms with Crippen LogP contribution in [0.2, 0.25) is 0 Å². The van der Waals surface area contributed by atoms with Crippen molar-refractivity contribution in [3.63, 3.8) is 0 Å². The first kappa shape index (κ1) is 15.0. The average molecular weight is 349 g/mol. The summed E-state index contributed by atoms with van der Waals surface area (Å²) in [5.74, 6) is 0. The largest absolute Gasteiger partial charge is 0.389 e. The molecule has 0 atom stereocenters. The van der Waals surface area contributed by atoms with Crippen LogP contribution in [0.1, 0.15) is 24.5 Å². The Morgan fingerprint density at radius 3 is 2.50 bits per heavy atom. The van der Waals surface area contributed by atoms with E-state index in [1.165, 1.54) is 5.56 Å². The first-order valence-electron chi connectivity index (χ1n) is 6.55. The summed E-state index contributed by atoms with van der Waals surface area (Å²) < 4.78 is 0.989. The van der Waals surface area contributed by atoms with Gasteiger partial charge in [0.1, 0.15) is 4.99 Å². The van der Waals surface area contributed by atoms with E-state index in [1.54, 1.807) is 0 Å². The van der Waals surface area contributed by atoms with Crippen LogP contribution in [0, 0.1) is 0 Å². The quantitative estimate of drug-likeness (QED) is 0.763. The fourth-order valence-electron chi connectivity index (χ4n) is 2.03. The number of anilines is 2. The zero-order valence-corrected chi connectivity index (χ0v) is 13.7. The predicted molar refractivity (Wildman–Crippen MR) is 93.7 cm³/mol. The lowest BCUT2D eigenvalue weighted by Crippen LogP contribution is -2.11. The molecule has 2 aromatic carbocycles. The molecule has 0 amide bonds. The number of nitrogens with one attached hydrogen (secondary N) is 1. The van der Waals surface area contributed by atoms with Crippen molar-refractivity contribution in [2.75, 3.05) is 5.32 Å². The van der Waals surface area contributed by atoms with Crippen molar-refractivity contribution in [3.8, 4) is 0 Å². The fraction of sp³-hybridized carbons (Fsp3) is 0.188. The number of thiocarbonyl (C=S) groups is 1. The van der Waals surface area contributed by atoms with Gasteiger partial charge in [-0.1, -0.05) is 53.6 Å². The molecule has 0 aliphatic heterocycles. The Kier molecular flexibility index (Phi) is 5.15. The summed E-state index contributed by atoms with van der Waals surface area (Å²) in [4.78, 5) is 0.391. The van der Waals surface area contributed by atoms with Crippen molar-refractivity contribution in [2.45, 2.75) is 19.8 Å². The summed E-state index contributed by atoms with van der Waals surface area (Å²) in [6.45, 7) is 2.18. The van der Waals surface area contributed by atoms with Gasteiger partial charge >= 0.3 is 0 Å². The predicted octanol–water partition coefficient (Wildman–Crippen LogP) is 4.78. The molecule has 0 unspecified atom stereocenters. The highest BCUT2D eigenvalue weighted by Gasteiger charge is 2.06. The van der Waals surface area contributed by atoms with E-state index in [4.69, 9.17) is 18.0 Å². The Balaban J connectivity index is 2.25. The second-order valence-electron chi connectivity index (χ2n) is 4.63. The molecule has 0 saturated heterocycles. The molecule has 2 aromatic rings. The summed E-state index contributed by atoms with van der Waals surface area (Å²) >= 11 is 8.55. The number of benzene rings is 2. The summed E-state index contributed by atoms with van der Waals surface area (Å²) in [6, 6.07) is 14.3. The van der Waals surface area contributed by atoms with E-state index in [0.29, 0.717) is 4.99 Å². The second kappa shape index (κ2) is 6.86. The Labute approximate surface area is 133 Å². The van der Waals surface area contributed by atoms with Crippen LogP contribution in [0.25, 0.3) is 0 Å². The number of nitrogens with two attached hydrogens (primary N) is 1. The minimum Gasteiger partial charge on any atom is -0.389 e. The molecule has 0 spiro atoms. The molecule has 104 valence electrons. The van der Waals surface area contributed by atoms with Gasteiger partial charge in [0, 0.05) is 21.4 Å². The Bertz CT molecular complexity index is 608. The van der Waals surface area contributed by atoms with Crippen LogP contribution in [-0.4, -0.2) is 4.99 Å². The molecular formula is C16H17BrN2S. The number of hydrogen-bond donors (Lipinski definition) is 2. The summed E-state index contributed by atoms with van der Waals surface area (Å²) in [5, 5.41) is 3.37. The van der Waals surface area contributed by atoms with Gasteiger partial charge in [0.05, 0.1) is 0 Å². The lowest BCUT2D eigenvalue weighted by molar-refractivity contribution is 0.922. The molecule has 0 saturated carbocycles. The molecule has 0 bridgehead atoms. The highest BCUT2D eigenvalue weighted by molar-refractivity contribution is 9.10. The van der Waals surface area contributed by atoms with Crippen LogP contribution in [0.15, 0.2) is 46.9 Å². The monoisotopic (exact) mass is 348 g/mol. The van der Waals surface area contributed by atoms with Crippen molar-refractivity contribution in [1.29, 1.82) is 0 Å². The first-order chi connectivity index (χ1) is 9.60. The third kappa shape index (κ3) is 3.81. The molecule has 3 N–H and O–H groups in total. The van der Waals surface area contributed by atoms with Crippen molar-refractivity contribution in [1.82, 2.24) is 0 Å². The van der Waals surface area contributed by atoms with Gasteiger partial charge in [0.25, 0.3) is 0 Å². The molecule has 0 aromatic heterocycles. The van der Waals surface area contributed by atoms with Gasteiger partial charge < -0.3 is 11.1 Å². The molecule has 0 aliphatic rings.